The molecule has 1 amide bonds. The smallest absolute Gasteiger partial charge is 0.344 e. The van der Waals surface area contributed by atoms with Crippen molar-refractivity contribution in [1.82, 2.24) is 4.90 Å². The van der Waals surface area contributed by atoms with Gasteiger partial charge in [-0.15, -0.1) is 0 Å². The lowest BCUT2D eigenvalue weighted by Gasteiger charge is -2.15. The first-order valence-corrected chi connectivity index (χ1v) is 9.24. The Balaban J connectivity index is 1.65. The number of halogens is 1. The number of fused-ring (bicyclic) bond motifs is 1. The van der Waals surface area contributed by atoms with Crippen LogP contribution in [0.1, 0.15) is 38.8 Å². The molecule has 1 aliphatic heterocycles. The van der Waals surface area contributed by atoms with E-state index in [2.05, 4.69) is 0 Å². The van der Waals surface area contributed by atoms with Crippen molar-refractivity contribution in [2.75, 3.05) is 19.8 Å². The van der Waals surface area contributed by atoms with E-state index in [4.69, 9.17) is 26.3 Å². The maximum Gasteiger partial charge on any atom is 0.344 e. The highest BCUT2D eigenvalue weighted by atomic mass is 35.5. The van der Waals surface area contributed by atoms with Crippen LogP contribution in [0, 0.1) is 11.3 Å². The Kier molecular flexibility index (Phi) is 6.15. The highest BCUT2D eigenvalue weighted by molar-refractivity contribution is 6.32. The van der Waals surface area contributed by atoms with E-state index in [0.717, 1.165) is 5.56 Å². The van der Waals surface area contributed by atoms with E-state index in [0.29, 0.717) is 16.7 Å². The van der Waals surface area contributed by atoms with Gasteiger partial charge in [-0.05, 0) is 48.9 Å². The zero-order chi connectivity index (χ0) is 21.0. The number of rotatable bonds is 7. The zero-order valence-corrected chi connectivity index (χ0v) is 16.4. The fraction of sp³-hybridized carbons (Fsp3) is 0.238. The molecule has 0 unspecified atom stereocenters. The third kappa shape index (κ3) is 4.55. The van der Waals surface area contributed by atoms with Crippen LogP contribution in [0.15, 0.2) is 36.4 Å². The van der Waals surface area contributed by atoms with E-state index in [1.165, 1.54) is 23.1 Å². The SMILES string of the molecule is CCOC(=O)COc1ccc(C(=O)CN2Cc3cc(C#N)ccc3C2=O)cc1Cl. The van der Waals surface area contributed by atoms with Crippen LogP contribution in [0.25, 0.3) is 0 Å². The first-order valence-electron chi connectivity index (χ1n) is 8.86. The van der Waals surface area contributed by atoms with E-state index in [1.807, 2.05) is 6.07 Å². The number of amides is 1. The Morgan fingerprint density at radius 3 is 2.72 bits per heavy atom. The van der Waals surface area contributed by atoms with Gasteiger partial charge < -0.3 is 14.4 Å². The van der Waals surface area contributed by atoms with E-state index in [1.54, 1.807) is 25.1 Å². The lowest BCUT2D eigenvalue weighted by Crippen LogP contribution is -2.30. The highest BCUT2D eigenvalue weighted by Crippen LogP contribution is 2.27. The van der Waals surface area contributed by atoms with Gasteiger partial charge in [-0.2, -0.15) is 5.26 Å². The quantitative estimate of drug-likeness (QED) is 0.512. The Labute approximate surface area is 172 Å². The van der Waals surface area contributed by atoms with E-state index in [-0.39, 0.29) is 48.8 Å². The number of nitriles is 1. The van der Waals surface area contributed by atoms with Crippen LogP contribution >= 0.6 is 11.6 Å². The molecule has 7 nitrogen and oxygen atoms in total. The van der Waals surface area contributed by atoms with Gasteiger partial charge in [-0.1, -0.05) is 11.6 Å². The maximum absolute atomic E-state index is 12.6. The molecule has 0 aliphatic carbocycles. The second kappa shape index (κ2) is 8.76. The summed E-state index contributed by atoms with van der Waals surface area (Å²) < 4.78 is 10.1. The summed E-state index contributed by atoms with van der Waals surface area (Å²) in [7, 11) is 0. The normalized spacial score (nSPS) is 12.3. The number of Topliss-reactive ketones (excluding diaryl/α,β-unsaturated/α-hetero) is 1. The number of benzene rings is 2. The summed E-state index contributed by atoms with van der Waals surface area (Å²) in [6, 6.07) is 11.3. The Morgan fingerprint density at radius 2 is 2.03 bits per heavy atom. The molecule has 0 saturated carbocycles. The zero-order valence-electron chi connectivity index (χ0n) is 15.6. The average Bonchev–Trinajstić information content (AvgIpc) is 3.01. The predicted molar refractivity (Wildman–Crippen MR) is 104 cm³/mol. The largest absolute Gasteiger partial charge is 0.480 e. The molecule has 0 saturated heterocycles. The van der Waals surface area contributed by atoms with Gasteiger partial charge in [0.2, 0.25) is 0 Å². The van der Waals surface area contributed by atoms with Crippen LogP contribution in [-0.4, -0.2) is 42.3 Å². The lowest BCUT2D eigenvalue weighted by molar-refractivity contribution is -0.145. The summed E-state index contributed by atoms with van der Waals surface area (Å²) in [6.45, 7) is 1.81. The number of nitrogens with zero attached hydrogens (tertiary/aromatic N) is 2. The molecule has 2 aromatic rings. The van der Waals surface area contributed by atoms with E-state index in [9.17, 15) is 14.4 Å². The van der Waals surface area contributed by atoms with Crippen molar-refractivity contribution in [1.29, 1.82) is 5.26 Å². The lowest BCUT2D eigenvalue weighted by atomic mass is 10.1. The first kappa shape index (κ1) is 20.4. The van der Waals surface area contributed by atoms with Crippen molar-refractivity contribution in [3.8, 4) is 11.8 Å². The van der Waals surface area contributed by atoms with Gasteiger partial charge in [0.1, 0.15) is 5.75 Å². The molecule has 0 N–H and O–H groups in total. The van der Waals surface area contributed by atoms with Gasteiger partial charge in [0.25, 0.3) is 5.91 Å². The molecule has 29 heavy (non-hydrogen) atoms. The molecule has 0 atom stereocenters. The van der Waals surface area contributed by atoms with Gasteiger partial charge in [-0.25, -0.2) is 4.79 Å². The van der Waals surface area contributed by atoms with Crippen molar-refractivity contribution in [3.05, 3.63) is 63.7 Å². The van der Waals surface area contributed by atoms with Gasteiger partial charge >= 0.3 is 5.97 Å². The standard InChI is InChI=1S/C21H17ClN2O5/c1-2-28-20(26)12-29-19-6-4-14(8-17(19)22)18(25)11-24-10-15-7-13(9-23)3-5-16(15)21(24)27/h3-8H,2,10-12H2,1H3. The average molecular weight is 413 g/mol. The van der Waals surface area contributed by atoms with Crippen LogP contribution in [0.4, 0.5) is 0 Å². The number of carbonyl (C=O) groups is 3. The van der Waals surface area contributed by atoms with Gasteiger partial charge in [0.15, 0.2) is 12.4 Å². The first-order chi connectivity index (χ1) is 13.9. The number of esters is 1. The molecule has 0 spiro atoms. The number of ether oxygens (including phenoxy) is 2. The van der Waals surface area contributed by atoms with Gasteiger partial charge in [0.05, 0.1) is 29.8 Å². The van der Waals surface area contributed by atoms with Crippen LogP contribution < -0.4 is 4.74 Å². The second-order valence-electron chi connectivity index (χ2n) is 6.31. The molecule has 0 radical (unpaired) electrons. The minimum atomic E-state index is -0.518. The van der Waals surface area contributed by atoms with Crippen molar-refractivity contribution in [2.45, 2.75) is 13.5 Å². The van der Waals surface area contributed by atoms with Gasteiger partial charge in [-0.3, -0.25) is 9.59 Å². The van der Waals surface area contributed by atoms with Crippen LogP contribution in [-0.2, 0) is 16.1 Å². The molecule has 8 heteroatoms. The van der Waals surface area contributed by atoms with E-state index < -0.39 is 5.97 Å². The van der Waals surface area contributed by atoms with Crippen molar-refractivity contribution in [2.24, 2.45) is 0 Å². The third-order valence-electron chi connectivity index (χ3n) is 4.35. The Hall–Kier alpha value is -3.37. The fourth-order valence-corrected chi connectivity index (χ4v) is 3.21. The second-order valence-corrected chi connectivity index (χ2v) is 6.71. The molecule has 0 aromatic heterocycles. The fourth-order valence-electron chi connectivity index (χ4n) is 2.97. The topological polar surface area (TPSA) is 96.7 Å². The van der Waals surface area contributed by atoms with Crippen molar-refractivity contribution < 1.29 is 23.9 Å². The van der Waals surface area contributed by atoms with Crippen LogP contribution in [0.5, 0.6) is 5.75 Å². The molecular formula is C21H17ClN2O5. The summed E-state index contributed by atoms with van der Waals surface area (Å²) in [5, 5.41) is 9.16. The number of hydrogen-bond acceptors (Lipinski definition) is 6. The number of ketones is 1. The predicted octanol–water partition coefficient (Wildman–Crippen LogP) is 2.99. The van der Waals surface area contributed by atoms with Crippen LogP contribution in [0.3, 0.4) is 0 Å². The number of hydrogen-bond donors (Lipinski definition) is 0. The summed E-state index contributed by atoms with van der Waals surface area (Å²) in [5.74, 6) is -0.802. The highest BCUT2D eigenvalue weighted by Gasteiger charge is 2.29. The minimum Gasteiger partial charge on any atom is -0.480 e. The maximum atomic E-state index is 12.6. The molecule has 3 rings (SSSR count). The third-order valence-corrected chi connectivity index (χ3v) is 4.65. The summed E-state index contributed by atoms with van der Waals surface area (Å²) in [6.07, 6.45) is 0. The molecular weight excluding hydrogens is 396 g/mol. The number of carbonyl (C=O) groups excluding carboxylic acids is 3. The minimum absolute atomic E-state index is 0.116. The summed E-state index contributed by atoms with van der Waals surface area (Å²) >= 11 is 6.15. The van der Waals surface area contributed by atoms with Crippen molar-refractivity contribution >= 4 is 29.3 Å². The summed E-state index contributed by atoms with van der Waals surface area (Å²) in [4.78, 5) is 37.9. The monoisotopic (exact) mass is 412 g/mol. The molecule has 2 aromatic carbocycles. The van der Waals surface area contributed by atoms with Crippen LogP contribution in [0.2, 0.25) is 5.02 Å². The molecule has 148 valence electrons. The van der Waals surface area contributed by atoms with Gasteiger partial charge in [0, 0.05) is 17.7 Å². The molecule has 0 bridgehead atoms. The van der Waals surface area contributed by atoms with Crippen molar-refractivity contribution in [3.63, 3.8) is 0 Å². The Morgan fingerprint density at radius 1 is 1.24 bits per heavy atom. The molecule has 1 heterocycles. The molecule has 1 aliphatic rings. The van der Waals surface area contributed by atoms with E-state index >= 15 is 0 Å². The Bertz CT molecular complexity index is 1030. The molecule has 0 fully saturated rings. The summed E-state index contributed by atoms with van der Waals surface area (Å²) in [5.41, 5.74) is 2.01.